The van der Waals surface area contributed by atoms with Crippen LogP contribution in [0.5, 0.6) is 0 Å². The Kier molecular flexibility index (Phi) is 7.40. The summed E-state index contributed by atoms with van der Waals surface area (Å²) in [4.78, 5) is 24.8. The second-order valence-corrected chi connectivity index (χ2v) is 9.34. The minimum atomic E-state index is -3.64. The predicted molar refractivity (Wildman–Crippen MR) is 112 cm³/mol. The monoisotopic (exact) mass is 448 g/mol. The van der Waals surface area contributed by atoms with Crippen molar-refractivity contribution in [1.29, 1.82) is 0 Å². The van der Waals surface area contributed by atoms with Crippen molar-refractivity contribution in [3.8, 4) is 0 Å². The molecule has 1 aliphatic heterocycles. The van der Waals surface area contributed by atoms with Gasteiger partial charge in [-0.2, -0.15) is 4.31 Å². The van der Waals surface area contributed by atoms with Crippen LogP contribution in [0, 0.1) is 11.7 Å². The van der Waals surface area contributed by atoms with Gasteiger partial charge in [0.05, 0.1) is 17.9 Å². The molecule has 1 amide bonds. The summed E-state index contributed by atoms with van der Waals surface area (Å²) in [6.45, 7) is 0.942. The number of nitrogens with one attached hydrogen (secondary N) is 1. The lowest BCUT2D eigenvalue weighted by molar-refractivity contribution is -0.145. The summed E-state index contributed by atoms with van der Waals surface area (Å²) in [5.74, 6) is -2.05. The molecule has 0 aliphatic carbocycles. The third kappa shape index (κ3) is 5.68. The number of carbonyl (C=O) groups excluding carboxylic acids is 2. The first-order chi connectivity index (χ1) is 14.8. The Morgan fingerprint density at radius 3 is 2.45 bits per heavy atom. The highest BCUT2D eigenvalue weighted by atomic mass is 32.2. The summed E-state index contributed by atoms with van der Waals surface area (Å²) in [7, 11) is -2.38. The molecule has 0 bridgehead atoms. The first kappa shape index (κ1) is 22.9. The number of esters is 1. The number of hydrogen-bond donors (Lipinski definition) is 1. The number of halogens is 1. The molecule has 1 atom stereocenters. The second-order valence-electron chi connectivity index (χ2n) is 7.40. The maximum absolute atomic E-state index is 13.1. The van der Waals surface area contributed by atoms with Crippen LogP contribution in [0.1, 0.15) is 28.8 Å². The molecule has 3 rings (SSSR count). The molecule has 0 radical (unpaired) electrons. The van der Waals surface area contributed by atoms with Crippen LogP contribution in [0.2, 0.25) is 0 Å². The van der Waals surface area contributed by atoms with E-state index in [0.717, 1.165) is 18.4 Å². The van der Waals surface area contributed by atoms with Gasteiger partial charge in [-0.05, 0) is 55.2 Å². The van der Waals surface area contributed by atoms with E-state index in [1.807, 2.05) is 0 Å². The topological polar surface area (TPSA) is 92.8 Å². The molecule has 1 saturated heterocycles. The van der Waals surface area contributed by atoms with Crippen LogP contribution in [0.15, 0.2) is 53.4 Å². The molecule has 7 nitrogen and oxygen atoms in total. The zero-order chi connectivity index (χ0) is 22.4. The van der Waals surface area contributed by atoms with Crippen molar-refractivity contribution in [3.05, 3.63) is 65.5 Å². The van der Waals surface area contributed by atoms with E-state index in [0.29, 0.717) is 13.1 Å². The maximum atomic E-state index is 13.1. The fourth-order valence-electron chi connectivity index (χ4n) is 3.50. The minimum absolute atomic E-state index is 0.00795. The SMILES string of the molecule is COC(=O)[C@@H](CNC(=O)c1cccc(S(=O)(=O)N2CCCC2)c1)Cc1ccc(F)cc1. The van der Waals surface area contributed by atoms with Crippen LogP contribution in [0.25, 0.3) is 0 Å². The Bertz CT molecular complexity index is 1030. The van der Waals surface area contributed by atoms with Crippen molar-refractivity contribution in [2.75, 3.05) is 26.7 Å². The third-order valence-electron chi connectivity index (χ3n) is 5.24. The van der Waals surface area contributed by atoms with E-state index in [4.69, 9.17) is 4.74 Å². The standard InChI is InChI=1S/C22H25FN2O5S/c1-30-22(27)18(13-16-7-9-19(23)10-8-16)15-24-21(26)17-5-4-6-20(14-17)31(28,29)25-11-2-3-12-25/h4-10,14,18H,2-3,11-13,15H2,1H3,(H,24,26)/t18-/m1/s1. The van der Waals surface area contributed by atoms with Crippen LogP contribution in [0.4, 0.5) is 4.39 Å². The number of ether oxygens (including phenoxy) is 1. The normalized spacial score (nSPS) is 15.4. The van der Waals surface area contributed by atoms with Crippen molar-refractivity contribution >= 4 is 21.9 Å². The highest BCUT2D eigenvalue weighted by Gasteiger charge is 2.28. The van der Waals surface area contributed by atoms with Gasteiger partial charge in [0.1, 0.15) is 5.82 Å². The number of sulfonamides is 1. The Morgan fingerprint density at radius 1 is 1.13 bits per heavy atom. The number of benzene rings is 2. The predicted octanol–water partition coefficient (Wildman–Crippen LogP) is 2.37. The van der Waals surface area contributed by atoms with Gasteiger partial charge in [0.15, 0.2) is 0 Å². The highest BCUT2D eigenvalue weighted by molar-refractivity contribution is 7.89. The van der Waals surface area contributed by atoms with Crippen molar-refractivity contribution in [2.45, 2.75) is 24.2 Å². The molecule has 1 aliphatic rings. The van der Waals surface area contributed by atoms with E-state index in [2.05, 4.69) is 5.32 Å². The van der Waals surface area contributed by atoms with E-state index in [1.54, 1.807) is 12.1 Å². The van der Waals surface area contributed by atoms with Gasteiger partial charge in [0, 0.05) is 25.2 Å². The molecule has 1 N–H and O–H groups in total. The number of hydrogen-bond acceptors (Lipinski definition) is 5. The van der Waals surface area contributed by atoms with E-state index < -0.39 is 27.8 Å². The number of methoxy groups -OCH3 is 1. The van der Waals surface area contributed by atoms with Gasteiger partial charge < -0.3 is 10.1 Å². The first-order valence-electron chi connectivity index (χ1n) is 10.0. The van der Waals surface area contributed by atoms with Crippen molar-refractivity contribution in [1.82, 2.24) is 9.62 Å². The summed E-state index contributed by atoms with van der Waals surface area (Å²) in [5.41, 5.74) is 0.912. The first-order valence-corrected chi connectivity index (χ1v) is 11.5. The van der Waals surface area contributed by atoms with Gasteiger partial charge in [-0.15, -0.1) is 0 Å². The van der Waals surface area contributed by atoms with Gasteiger partial charge in [0.25, 0.3) is 5.91 Å². The van der Waals surface area contributed by atoms with Gasteiger partial charge in [-0.3, -0.25) is 9.59 Å². The van der Waals surface area contributed by atoms with Crippen molar-refractivity contribution in [3.63, 3.8) is 0 Å². The largest absolute Gasteiger partial charge is 0.469 e. The zero-order valence-electron chi connectivity index (χ0n) is 17.2. The summed E-state index contributed by atoms with van der Waals surface area (Å²) in [6.07, 6.45) is 1.90. The number of nitrogens with zero attached hydrogens (tertiary/aromatic N) is 1. The Hall–Kier alpha value is -2.78. The quantitative estimate of drug-likeness (QED) is 0.626. The Labute approximate surface area is 181 Å². The molecule has 0 saturated carbocycles. The number of amides is 1. The lowest BCUT2D eigenvalue weighted by Crippen LogP contribution is -2.35. The molecule has 2 aromatic rings. The summed E-state index contributed by atoms with van der Waals surface area (Å²) >= 11 is 0. The molecule has 1 heterocycles. The highest BCUT2D eigenvalue weighted by Crippen LogP contribution is 2.21. The fourth-order valence-corrected chi connectivity index (χ4v) is 5.07. The van der Waals surface area contributed by atoms with Crippen LogP contribution in [-0.4, -0.2) is 51.3 Å². The molecular weight excluding hydrogens is 423 g/mol. The molecule has 31 heavy (non-hydrogen) atoms. The third-order valence-corrected chi connectivity index (χ3v) is 7.13. The van der Waals surface area contributed by atoms with Crippen LogP contribution in [0.3, 0.4) is 0 Å². The Balaban J connectivity index is 1.69. The van der Waals surface area contributed by atoms with E-state index in [1.165, 1.54) is 47.8 Å². The lowest BCUT2D eigenvalue weighted by Gasteiger charge is -2.17. The smallest absolute Gasteiger partial charge is 0.310 e. The molecule has 1 fully saturated rings. The average Bonchev–Trinajstić information content (AvgIpc) is 3.33. The number of carbonyl (C=O) groups is 2. The molecule has 0 spiro atoms. The van der Waals surface area contributed by atoms with Crippen LogP contribution >= 0.6 is 0 Å². The average molecular weight is 449 g/mol. The van der Waals surface area contributed by atoms with Gasteiger partial charge >= 0.3 is 5.97 Å². The minimum Gasteiger partial charge on any atom is -0.469 e. The molecule has 166 valence electrons. The van der Waals surface area contributed by atoms with E-state index in [9.17, 15) is 22.4 Å². The molecule has 0 unspecified atom stereocenters. The summed E-state index contributed by atoms with van der Waals surface area (Å²) < 4.78 is 44.8. The van der Waals surface area contributed by atoms with Crippen molar-refractivity contribution < 1.29 is 27.1 Å². The molecule has 0 aromatic heterocycles. The van der Waals surface area contributed by atoms with Gasteiger partial charge in [-0.1, -0.05) is 18.2 Å². The molecule has 2 aromatic carbocycles. The lowest BCUT2D eigenvalue weighted by atomic mass is 9.99. The fraction of sp³-hybridized carbons (Fsp3) is 0.364. The van der Waals surface area contributed by atoms with Crippen molar-refractivity contribution in [2.24, 2.45) is 5.92 Å². The van der Waals surface area contributed by atoms with Crippen LogP contribution < -0.4 is 5.32 Å². The number of rotatable bonds is 8. The molecule has 9 heteroatoms. The molecular formula is C22H25FN2O5S. The zero-order valence-corrected chi connectivity index (χ0v) is 18.0. The second kappa shape index (κ2) is 10.0. The summed E-state index contributed by atoms with van der Waals surface area (Å²) in [5, 5.41) is 2.67. The van der Waals surface area contributed by atoms with Gasteiger partial charge in [-0.25, -0.2) is 12.8 Å². The van der Waals surface area contributed by atoms with E-state index in [-0.39, 0.29) is 29.2 Å². The maximum Gasteiger partial charge on any atom is 0.310 e. The summed E-state index contributed by atoms with van der Waals surface area (Å²) in [6, 6.07) is 11.6. The van der Waals surface area contributed by atoms with E-state index >= 15 is 0 Å². The van der Waals surface area contributed by atoms with Crippen LogP contribution in [-0.2, 0) is 26.0 Å². The van der Waals surface area contributed by atoms with Gasteiger partial charge in [0.2, 0.25) is 10.0 Å². The Morgan fingerprint density at radius 2 is 1.81 bits per heavy atom.